The van der Waals surface area contributed by atoms with E-state index in [2.05, 4.69) is 5.32 Å². The summed E-state index contributed by atoms with van der Waals surface area (Å²) in [5.74, 6) is 3.11. The van der Waals surface area contributed by atoms with Crippen LogP contribution in [0, 0.1) is 17.6 Å². The molecular weight excluding hydrogens is 240 g/mol. The van der Waals surface area contributed by atoms with E-state index in [1.54, 1.807) is 0 Å². The van der Waals surface area contributed by atoms with Gasteiger partial charge in [0.1, 0.15) is 5.69 Å². The third-order valence-electron chi connectivity index (χ3n) is 2.46. The molecule has 0 heterocycles. The highest BCUT2D eigenvalue weighted by Gasteiger charge is 2.14. The van der Waals surface area contributed by atoms with Crippen molar-refractivity contribution in [3.63, 3.8) is 0 Å². The number of nitrogens with one attached hydrogen (secondary N) is 2. The largest absolute Gasteiger partial charge is 0.352 e. The van der Waals surface area contributed by atoms with E-state index in [4.69, 9.17) is 5.84 Å². The second kappa shape index (κ2) is 6.30. The first-order valence-corrected chi connectivity index (χ1v) is 5.69. The molecule has 0 atom stereocenters. The molecule has 0 spiro atoms. The van der Waals surface area contributed by atoms with Crippen LogP contribution in [0.2, 0.25) is 0 Å². The fraction of sp³-hybridized carbons (Fsp3) is 0.417. The summed E-state index contributed by atoms with van der Waals surface area (Å²) in [4.78, 5) is 11.6. The van der Waals surface area contributed by atoms with Gasteiger partial charge in [-0.2, -0.15) is 0 Å². The van der Waals surface area contributed by atoms with Crippen LogP contribution in [-0.2, 0) is 0 Å². The zero-order chi connectivity index (χ0) is 13.7. The zero-order valence-electron chi connectivity index (χ0n) is 10.4. The SMILES string of the molecule is CC(C)CCNC(=O)c1cc(F)c(NN)c(F)c1. The minimum Gasteiger partial charge on any atom is -0.352 e. The summed E-state index contributed by atoms with van der Waals surface area (Å²) in [6.07, 6.45) is 0.805. The van der Waals surface area contributed by atoms with Gasteiger partial charge in [0.05, 0.1) is 0 Å². The Morgan fingerprint density at radius 3 is 2.33 bits per heavy atom. The second-order valence-corrected chi connectivity index (χ2v) is 4.40. The third kappa shape index (κ3) is 3.66. The van der Waals surface area contributed by atoms with Crippen molar-refractivity contribution in [1.82, 2.24) is 5.32 Å². The molecule has 1 amide bonds. The average Bonchev–Trinajstić information content (AvgIpc) is 2.27. The van der Waals surface area contributed by atoms with E-state index >= 15 is 0 Å². The number of hydrazine groups is 1. The highest BCUT2D eigenvalue weighted by molar-refractivity contribution is 5.94. The summed E-state index contributed by atoms with van der Waals surface area (Å²) in [6.45, 7) is 4.51. The molecule has 1 aromatic rings. The number of carbonyl (C=O) groups is 1. The molecule has 0 aliphatic rings. The Morgan fingerprint density at radius 1 is 1.33 bits per heavy atom. The minimum absolute atomic E-state index is 0.0623. The molecule has 0 aliphatic carbocycles. The number of hydrogen-bond acceptors (Lipinski definition) is 3. The Kier molecular flexibility index (Phi) is 5.03. The average molecular weight is 257 g/mol. The maximum Gasteiger partial charge on any atom is 0.251 e. The predicted octanol–water partition coefficient (Wildman–Crippen LogP) is 2.03. The Labute approximate surface area is 105 Å². The normalized spacial score (nSPS) is 10.6. The van der Waals surface area contributed by atoms with Crippen LogP contribution in [0.25, 0.3) is 0 Å². The fourth-order valence-electron chi connectivity index (χ4n) is 1.42. The van der Waals surface area contributed by atoms with Gasteiger partial charge in [0.25, 0.3) is 5.91 Å². The van der Waals surface area contributed by atoms with Crippen molar-refractivity contribution in [2.24, 2.45) is 11.8 Å². The van der Waals surface area contributed by atoms with E-state index in [9.17, 15) is 13.6 Å². The van der Waals surface area contributed by atoms with Crippen LogP contribution in [0.4, 0.5) is 14.5 Å². The van der Waals surface area contributed by atoms with Crippen LogP contribution in [0.1, 0.15) is 30.6 Å². The number of nitrogens with two attached hydrogens (primary N) is 1. The molecule has 18 heavy (non-hydrogen) atoms. The molecule has 4 N–H and O–H groups in total. The van der Waals surface area contributed by atoms with Gasteiger partial charge in [-0.15, -0.1) is 0 Å². The topological polar surface area (TPSA) is 67.2 Å². The van der Waals surface area contributed by atoms with Crippen LogP contribution < -0.4 is 16.6 Å². The zero-order valence-corrected chi connectivity index (χ0v) is 10.4. The Bertz CT molecular complexity index is 412. The van der Waals surface area contributed by atoms with Gasteiger partial charge in [-0.05, 0) is 24.5 Å². The number of anilines is 1. The van der Waals surface area contributed by atoms with E-state index in [0.717, 1.165) is 18.6 Å². The van der Waals surface area contributed by atoms with Gasteiger partial charge in [-0.25, -0.2) is 8.78 Å². The first kappa shape index (κ1) is 14.4. The fourth-order valence-corrected chi connectivity index (χ4v) is 1.42. The first-order chi connectivity index (χ1) is 8.45. The Morgan fingerprint density at radius 2 is 1.89 bits per heavy atom. The molecular formula is C12H17F2N3O. The summed E-state index contributed by atoms with van der Waals surface area (Å²) in [6, 6.07) is 1.89. The standard InChI is InChI=1S/C12H17F2N3O/c1-7(2)3-4-16-12(18)8-5-9(13)11(17-15)10(14)6-8/h5-7,17H,3-4,15H2,1-2H3,(H,16,18). The summed E-state index contributed by atoms with van der Waals surface area (Å²) >= 11 is 0. The number of halogens is 2. The molecule has 0 aromatic heterocycles. The van der Waals surface area contributed by atoms with Gasteiger partial charge in [0.15, 0.2) is 11.6 Å². The molecule has 0 radical (unpaired) electrons. The Hall–Kier alpha value is -1.69. The van der Waals surface area contributed by atoms with Gasteiger partial charge >= 0.3 is 0 Å². The molecule has 6 heteroatoms. The molecule has 1 aromatic carbocycles. The van der Waals surface area contributed by atoms with Crippen molar-refractivity contribution in [3.8, 4) is 0 Å². The lowest BCUT2D eigenvalue weighted by atomic mass is 10.1. The number of benzene rings is 1. The molecule has 0 saturated heterocycles. The molecule has 0 saturated carbocycles. The Balaban J connectivity index is 2.75. The molecule has 1 rings (SSSR count). The molecule has 0 bridgehead atoms. The van der Waals surface area contributed by atoms with E-state index in [-0.39, 0.29) is 5.56 Å². The smallest absolute Gasteiger partial charge is 0.251 e. The highest BCUT2D eigenvalue weighted by atomic mass is 19.1. The van der Waals surface area contributed by atoms with Crippen LogP contribution in [0.15, 0.2) is 12.1 Å². The van der Waals surface area contributed by atoms with Crippen molar-refractivity contribution in [2.75, 3.05) is 12.0 Å². The van der Waals surface area contributed by atoms with Crippen LogP contribution >= 0.6 is 0 Å². The third-order valence-corrected chi connectivity index (χ3v) is 2.46. The number of rotatable bonds is 5. The summed E-state index contributed by atoms with van der Waals surface area (Å²) in [5.41, 5.74) is 1.39. The van der Waals surface area contributed by atoms with Gasteiger partial charge in [-0.1, -0.05) is 13.8 Å². The van der Waals surface area contributed by atoms with Gasteiger partial charge in [-0.3, -0.25) is 10.6 Å². The predicted molar refractivity (Wildman–Crippen MR) is 66.0 cm³/mol. The van der Waals surface area contributed by atoms with Crippen LogP contribution in [-0.4, -0.2) is 12.5 Å². The molecule has 0 unspecified atom stereocenters. The van der Waals surface area contributed by atoms with Crippen LogP contribution in [0.5, 0.6) is 0 Å². The van der Waals surface area contributed by atoms with Crippen molar-refractivity contribution < 1.29 is 13.6 Å². The van der Waals surface area contributed by atoms with Crippen LogP contribution in [0.3, 0.4) is 0 Å². The molecule has 4 nitrogen and oxygen atoms in total. The summed E-state index contributed by atoms with van der Waals surface area (Å²) in [7, 11) is 0. The summed E-state index contributed by atoms with van der Waals surface area (Å²) in [5, 5.41) is 2.60. The molecule has 100 valence electrons. The maximum absolute atomic E-state index is 13.4. The second-order valence-electron chi connectivity index (χ2n) is 4.40. The number of carbonyl (C=O) groups excluding carboxylic acids is 1. The highest BCUT2D eigenvalue weighted by Crippen LogP contribution is 2.19. The minimum atomic E-state index is -0.897. The monoisotopic (exact) mass is 257 g/mol. The van der Waals surface area contributed by atoms with Crippen molar-refractivity contribution in [3.05, 3.63) is 29.3 Å². The van der Waals surface area contributed by atoms with E-state index < -0.39 is 23.2 Å². The number of nitrogen functional groups attached to an aromatic ring is 1. The van der Waals surface area contributed by atoms with Crippen molar-refractivity contribution in [2.45, 2.75) is 20.3 Å². The van der Waals surface area contributed by atoms with Gasteiger partial charge in [0.2, 0.25) is 0 Å². The van der Waals surface area contributed by atoms with Crippen molar-refractivity contribution in [1.29, 1.82) is 0 Å². The maximum atomic E-state index is 13.4. The van der Waals surface area contributed by atoms with E-state index in [1.807, 2.05) is 19.3 Å². The van der Waals surface area contributed by atoms with E-state index in [1.165, 1.54) is 0 Å². The molecule has 0 fully saturated rings. The van der Waals surface area contributed by atoms with Crippen molar-refractivity contribution >= 4 is 11.6 Å². The number of hydrogen-bond donors (Lipinski definition) is 3. The number of amides is 1. The lowest BCUT2D eigenvalue weighted by molar-refractivity contribution is 0.0951. The quantitative estimate of drug-likeness (QED) is 0.558. The van der Waals surface area contributed by atoms with Gasteiger partial charge < -0.3 is 10.7 Å². The summed E-state index contributed by atoms with van der Waals surface area (Å²) < 4.78 is 26.7. The lowest BCUT2D eigenvalue weighted by Crippen LogP contribution is -2.25. The first-order valence-electron chi connectivity index (χ1n) is 5.69. The van der Waals surface area contributed by atoms with E-state index in [0.29, 0.717) is 12.5 Å². The van der Waals surface area contributed by atoms with Gasteiger partial charge in [0, 0.05) is 12.1 Å². The lowest BCUT2D eigenvalue weighted by Gasteiger charge is -2.09. The molecule has 0 aliphatic heterocycles.